The van der Waals surface area contributed by atoms with Crippen LogP contribution >= 0.6 is 0 Å². The van der Waals surface area contributed by atoms with Crippen LogP contribution in [-0.2, 0) is 6.54 Å². The van der Waals surface area contributed by atoms with Gasteiger partial charge in [0, 0.05) is 19.0 Å². The predicted molar refractivity (Wildman–Crippen MR) is 60.7 cm³/mol. The van der Waals surface area contributed by atoms with Gasteiger partial charge in [0.1, 0.15) is 11.7 Å². The van der Waals surface area contributed by atoms with Gasteiger partial charge in [0.15, 0.2) is 0 Å². The Morgan fingerprint density at radius 1 is 1.62 bits per heavy atom. The lowest BCUT2D eigenvalue weighted by Gasteiger charge is -2.10. The van der Waals surface area contributed by atoms with Crippen molar-refractivity contribution in [2.45, 2.75) is 13.5 Å². The van der Waals surface area contributed by atoms with Crippen molar-refractivity contribution in [1.82, 2.24) is 5.32 Å². The molecule has 16 heavy (non-hydrogen) atoms. The van der Waals surface area contributed by atoms with Gasteiger partial charge in [-0.1, -0.05) is 24.2 Å². The summed E-state index contributed by atoms with van der Waals surface area (Å²) in [6.45, 7) is 2.97. The second kappa shape index (κ2) is 6.07. The van der Waals surface area contributed by atoms with Crippen LogP contribution in [0.5, 0.6) is 0 Å². The first-order valence-corrected chi connectivity index (χ1v) is 5.06. The summed E-state index contributed by atoms with van der Waals surface area (Å²) in [5, 5.41) is 14.5. The average molecular weight is 225 g/mol. The van der Waals surface area contributed by atoms with Crippen molar-refractivity contribution >= 4 is 5.84 Å². The van der Waals surface area contributed by atoms with E-state index in [0.29, 0.717) is 13.1 Å². The summed E-state index contributed by atoms with van der Waals surface area (Å²) in [6, 6.07) is 6.38. The Balaban J connectivity index is 2.36. The second-order valence-corrected chi connectivity index (χ2v) is 3.69. The van der Waals surface area contributed by atoms with E-state index in [4.69, 9.17) is 10.9 Å². The fourth-order valence-corrected chi connectivity index (χ4v) is 1.28. The number of halogens is 1. The number of oxime groups is 1. The molecule has 1 atom stereocenters. The third kappa shape index (κ3) is 3.86. The number of nitrogens with two attached hydrogens (primary N) is 1. The fraction of sp³-hybridized carbons (Fsp3) is 0.364. The zero-order valence-corrected chi connectivity index (χ0v) is 9.15. The number of benzene rings is 1. The number of hydrogen-bond acceptors (Lipinski definition) is 3. The molecular formula is C11H16FN3O. The maximum atomic E-state index is 12.8. The van der Waals surface area contributed by atoms with Crippen LogP contribution in [0.3, 0.4) is 0 Å². The van der Waals surface area contributed by atoms with Crippen molar-refractivity contribution in [2.75, 3.05) is 6.54 Å². The van der Waals surface area contributed by atoms with E-state index in [1.165, 1.54) is 12.1 Å². The Hall–Kier alpha value is -1.62. The standard InChI is InChI=1S/C11H16FN3O/c1-8(11(13)15-16)6-14-7-9-3-2-4-10(12)5-9/h2-5,8,14,16H,6-7H2,1H3,(H2,13,15). The van der Waals surface area contributed by atoms with Crippen LogP contribution in [0.1, 0.15) is 12.5 Å². The van der Waals surface area contributed by atoms with Gasteiger partial charge in [-0.2, -0.15) is 0 Å². The van der Waals surface area contributed by atoms with Crippen LogP contribution in [0.15, 0.2) is 29.4 Å². The molecule has 88 valence electrons. The van der Waals surface area contributed by atoms with Crippen LogP contribution in [0, 0.1) is 11.7 Å². The van der Waals surface area contributed by atoms with Gasteiger partial charge in [0.05, 0.1) is 0 Å². The molecule has 0 saturated carbocycles. The summed E-state index contributed by atoms with van der Waals surface area (Å²) in [7, 11) is 0. The maximum absolute atomic E-state index is 12.8. The van der Waals surface area contributed by atoms with Gasteiger partial charge in [-0.3, -0.25) is 0 Å². The molecule has 4 N–H and O–H groups in total. The fourth-order valence-electron chi connectivity index (χ4n) is 1.28. The van der Waals surface area contributed by atoms with Crippen LogP contribution in [0.2, 0.25) is 0 Å². The number of hydrogen-bond donors (Lipinski definition) is 3. The SMILES string of the molecule is CC(CNCc1cccc(F)c1)C(N)=NO. The summed E-state index contributed by atoms with van der Waals surface area (Å²) in [6.07, 6.45) is 0. The molecule has 0 saturated heterocycles. The average Bonchev–Trinajstić information content (AvgIpc) is 2.28. The van der Waals surface area contributed by atoms with E-state index in [1.54, 1.807) is 6.07 Å². The zero-order valence-electron chi connectivity index (χ0n) is 9.15. The van der Waals surface area contributed by atoms with Gasteiger partial charge in [0.2, 0.25) is 0 Å². The highest BCUT2D eigenvalue weighted by atomic mass is 19.1. The highest BCUT2D eigenvalue weighted by Gasteiger charge is 2.06. The molecule has 0 heterocycles. The quantitative estimate of drug-likeness (QED) is 0.306. The Kier molecular flexibility index (Phi) is 4.72. The Bertz CT molecular complexity index is 368. The van der Waals surface area contributed by atoms with E-state index in [9.17, 15) is 4.39 Å². The van der Waals surface area contributed by atoms with E-state index in [0.717, 1.165) is 5.56 Å². The molecule has 1 rings (SSSR count). The third-order valence-electron chi connectivity index (χ3n) is 2.29. The molecule has 4 nitrogen and oxygen atoms in total. The number of amidine groups is 1. The van der Waals surface area contributed by atoms with Crippen molar-refractivity contribution in [3.63, 3.8) is 0 Å². The maximum Gasteiger partial charge on any atom is 0.143 e. The van der Waals surface area contributed by atoms with Crippen LogP contribution in [-0.4, -0.2) is 17.6 Å². The van der Waals surface area contributed by atoms with Crippen molar-refractivity contribution in [2.24, 2.45) is 16.8 Å². The van der Waals surface area contributed by atoms with E-state index >= 15 is 0 Å². The van der Waals surface area contributed by atoms with Gasteiger partial charge in [-0.05, 0) is 17.7 Å². The minimum Gasteiger partial charge on any atom is -0.409 e. The smallest absolute Gasteiger partial charge is 0.143 e. The van der Waals surface area contributed by atoms with Gasteiger partial charge in [-0.15, -0.1) is 0 Å². The molecular weight excluding hydrogens is 209 g/mol. The monoisotopic (exact) mass is 225 g/mol. The molecule has 5 heteroatoms. The summed E-state index contributed by atoms with van der Waals surface area (Å²) < 4.78 is 12.8. The minimum absolute atomic E-state index is 0.0569. The van der Waals surface area contributed by atoms with Gasteiger partial charge < -0.3 is 16.3 Å². The lowest BCUT2D eigenvalue weighted by Crippen LogP contribution is -2.31. The Labute approximate surface area is 94.0 Å². The minimum atomic E-state index is -0.246. The van der Waals surface area contributed by atoms with E-state index in [-0.39, 0.29) is 17.6 Å². The zero-order chi connectivity index (χ0) is 12.0. The van der Waals surface area contributed by atoms with Crippen molar-refractivity contribution < 1.29 is 9.60 Å². The summed E-state index contributed by atoms with van der Waals surface area (Å²) >= 11 is 0. The molecule has 0 amide bonds. The molecule has 0 aliphatic heterocycles. The molecule has 0 aliphatic rings. The van der Waals surface area contributed by atoms with Crippen molar-refractivity contribution in [3.05, 3.63) is 35.6 Å². The Morgan fingerprint density at radius 3 is 3.00 bits per heavy atom. The van der Waals surface area contributed by atoms with E-state index < -0.39 is 0 Å². The molecule has 0 aromatic heterocycles. The number of nitrogens with zero attached hydrogens (tertiary/aromatic N) is 1. The van der Waals surface area contributed by atoms with Crippen LogP contribution in [0.4, 0.5) is 4.39 Å². The summed E-state index contributed by atoms with van der Waals surface area (Å²) in [4.78, 5) is 0. The molecule has 0 fully saturated rings. The van der Waals surface area contributed by atoms with Gasteiger partial charge in [-0.25, -0.2) is 4.39 Å². The molecule has 0 spiro atoms. The van der Waals surface area contributed by atoms with Crippen molar-refractivity contribution in [3.8, 4) is 0 Å². The number of rotatable bonds is 5. The van der Waals surface area contributed by atoms with Crippen LogP contribution < -0.4 is 11.1 Å². The largest absolute Gasteiger partial charge is 0.409 e. The lowest BCUT2D eigenvalue weighted by atomic mass is 10.1. The topological polar surface area (TPSA) is 70.6 Å². The summed E-state index contributed by atoms with van der Waals surface area (Å²) in [5.74, 6) is -0.117. The molecule has 0 radical (unpaired) electrons. The Morgan fingerprint density at radius 2 is 2.38 bits per heavy atom. The third-order valence-corrected chi connectivity index (χ3v) is 2.29. The first-order chi connectivity index (χ1) is 7.63. The molecule has 1 aromatic rings. The molecule has 0 bridgehead atoms. The van der Waals surface area contributed by atoms with Crippen molar-refractivity contribution in [1.29, 1.82) is 0 Å². The first kappa shape index (κ1) is 12.4. The van der Waals surface area contributed by atoms with Gasteiger partial charge >= 0.3 is 0 Å². The van der Waals surface area contributed by atoms with E-state index in [1.807, 2.05) is 13.0 Å². The molecule has 1 unspecified atom stereocenters. The van der Waals surface area contributed by atoms with Gasteiger partial charge in [0.25, 0.3) is 0 Å². The lowest BCUT2D eigenvalue weighted by molar-refractivity contribution is 0.314. The highest BCUT2D eigenvalue weighted by Crippen LogP contribution is 2.03. The van der Waals surface area contributed by atoms with E-state index in [2.05, 4.69) is 10.5 Å². The summed E-state index contributed by atoms with van der Waals surface area (Å²) in [5.41, 5.74) is 6.29. The molecule has 1 aromatic carbocycles. The normalized spacial score (nSPS) is 13.8. The first-order valence-electron chi connectivity index (χ1n) is 5.06. The predicted octanol–water partition coefficient (Wildman–Crippen LogP) is 1.30. The highest BCUT2D eigenvalue weighted by molar-refractivity contribution is 5.82. The molecule has 0 aliphatic carbocycles. The second-order valence-electron chi connectivity index (χ2n) is 3.69. The van der Waals surface area contributed by atoms with Crippen LogP contribution in [0.25, 0.3) is 0 Å². The number of nitrogens with one attached hydrogen (secondary N) is 1.